The standard InChI is InChI=1S/C22H23ClN4O/c1-15-18(23)10-5-11-19(15)25-21-13-20(16-7-3-2-4-8-16)26-22(27-21)24-14-17-9-6-12-28-17/h2-5,7-8,10-11,13,17H,6,9,12,14H2,1H3,(H2,24,25,26,27). The van der Waals surface area contributed by atoms with Crippen LogP contribution in [0.5, 0.6) is 0 Å². The second-order valence-corrected chi connectivity index (χ2v) is 7.29. The minimum Gasteiger partial charge on any atom is -0.376 e. The van der Waals surface area contributed by atoms with Crippen LogP contribution in [-0.4, -0.2) is 29.2 Å². The van der Waals surface area contributed by atoms with Crippen LogP contribution in [0.2, 0.25) is 5.02 Å². The maximum atomic E-state index is 6.26. The van der Waals surface area contributed by atoms with Gasteiger partial charge in [-0.15, -0.1) is 0 Å². The number of nitrogens with one attached hydrogen (secondary N) is 2. The molecule has 1 atom stereocenters. The van der Waals surface area contributed by atoms with E-state index in [2.05, 4.69) is 15.6 Å². The number of aromatic nitrogens is 2. The Bertz CT molecular complexity index is 943. The summed E-state index contributed by atoms with van der Waals surface area (Å²) in [6, 6.07) is 17.8. The van der Waals surface area contributed by atoms with Gasteiger partial charge in [-0.1, -0.05) is 48.0 Å². The van der Waals surface area contributed by atoms with E-state index in [0.717, 1.165) is 47.0 Å². The predicted octanol–water partition coefficient (Wildman–Crippen LogP) is 5.44. The Kier molecular flexibility index (Phi) is 5.74. The van der Waals surface area contributed by atoms with Crippen molar-refractivity contribution in [2.45, 2.75) is 25.9 Å². The van der Waals surface area contributed by atoms with Crippen LogP contribution in [0.15, 0.2) is 54.6 Å². The van der Waals surface area contributed by atoms with E-state index in [1.54, 1.807) is 0 Å². The monoisotopic (exact) mass is 394 g/mol. The zero-order chi connectivity index (χ0) is 19.3. The van der Waals surface area contributed by atoms with Crippen molar-refractivity contribution in [3.63, 3.8) is 0 Å². The fourth-order valence-electron chi connectivity index (χ4n) is 3.24. The van der Waals surface area contributed by atoms with E-state index in [9.17, 15) is 0 Å². The Labute approximate surface area is 170 Å². The van der Waals surface area contributed by atoms with Crippen molar-refractivity contribution in [3.8, 4) is 11.3 Å². The van der Waals surface area contributed by atoms with Crippen LogP contribution in [0.4, 0.5) is 17.5 Å². The third kappa shape index (κ3) is 4.43. The van der Waals surface area contributed by atoms with Crippen molar-refractivity contribution in [2.75, 3.05) is 23.8 Å². The van der Waals surface area contributed by atoms with E-state index < -0.39 is 0 Å². The van der Waals surface area contributed by atoms with Crippen LogP contribution in [-0.2, 0) is 4.74 Å². The molecule has 1 saturated heterocycles. The van der Waals surface area contributed by atoms with Gasteiger partial charge >= 0.3 is 0 Å². The van der Waals surface area contributed by atoms with Crippen LogP contribution < -0.4 is 10.6 Å². The molecule has 2 N–H and O–H groups in total. The molecule has 1 aliphatic rings. The van der Waals surface area contributed by atoms with Crippen LogP contribution in [0, 0.1) is 6.92 Å². The Morgan fingerprint density at radius 1 is 1.11 bits per heavy atom. The van der Waals surface area contributed by atoms with Crippen LogP contribution >= 0.6 is 11.6 Å². The number of ether oxygens (including phenoxy) is 1. The average Bonchev–Trinajstić information content (AvgIpc) is 3.24. The normalized spacial score (nSPS) is 16.1. The van der Waals surface area contributed by atoms with E-state index in [1.165, 1.54) is 0 Å². The maximum Gasteiger partial charge on any atom is 0.225 e. The molecule has 28 heavy (non-hydrogen) atoms. The molecule has 6 heteroatoms. The molecule has 1 unspecified atom stereocenters. The molecule has 1 aromatic heterocycles. The predicted molar refractivity (Wildman–Crippen MR) is 114 cm³/mol. The number of rotatable bonds is 6. The first-order valence-corrected chi connectivity index (χ1v) is 9.89. The molecule has 2 aromatic carbocycles. The number of halogens is 1. The fraction of sp³-hybridized carbons (Fsp3) is 0.273. The Morgan fingerprint density at radius 2 is 1.96 bits per heavy atom. The van der Waals surface area contributed by atoms with Gasteiger partial charge in [-0.05, 0) is 37.5 Å². The van der Waals surface area contributed by atoms with Gasteiger partial charge in [0.1, 0.15) is 5.82 Å². The number of benzene rings is 2. The van der Waals surface area contributed by atoms with Crippen molar-refractivity contribution in [3.05, 3.63) is 65.2 Å². The second kappa shape index (κ2) is 8.59. The van der Waals surface area contributed by atoms with E-state index in [-0.39, 0.29) is 6.10 Å². The van der Waals surface area contributed by atoms with Gasteiger partial charge in [0.2, 0.25) is 5.95 Å². The van der Waals surface area contributed by atoms with Gasteiger partial charge < -0.3 is 15.4 Å². The van der Waals surface area contributed by atoms with Gasteiger partial charge in [-0.25, -0.2) is 4.98 Å². The molecule has 0 bridgehead atoms. The van der Waals surface area contributed by atoms with Crippen molar-refractivity contribution in [2.24, 2.45) is 0 Å². The topological polar surface area (TPSA) is 59.1 Å². The number of hydrogen-bond donors (Lipinski definition) is 2. The zero-order valence-corrected chi connectivity index (χ0v) is 16.5. The highest BCUT2D eigenvalue weighted by Gasteiger charge is 2.16. The van der Waals surface area contributed by atoms with E-state index in [0.29, 0.717) is 18.3 Å². The highest BCUT2D eigenvalue weighted by molar-refractivity contribution is 6.31. The van der Waals surface area contributed by atoms with Crippen LogP contribution in [0.25, 0.3) is 11.3 Å². The molecule has 0 amide bonds. The minimum atomic E-state index is 0.218. The molecule has 3 aromatic rings. The molecule has 1 fully saturated rings. The molecule has 4 rings (SSSR count). The lowest BCUT2D eigenvalue weighted by Crippen LogP contribution is -2.20. The van der Waals surface area contributed by atoms with E-state index >= 15 is 0 Å². The van der Waals surface area contributed by atoms with Gasteiger partial charge in [0.05, 0.1) is 11.8 Å². The second-order valence-electron chi connectivity index (χ2n) is 6.88. The summed E-state index contributed by atoms with van der Waals surface area (Å²) in [6.45, 7) is 3.52. The highest BCUT2D eigenvalue weighted by Crippen LogP contribution is 2.28. The van der Waals surface area contributed by atoms with Crippen molar-refractivity contribution in [1.82, 2.24) is 9.97 Å². The van der Waals surface area contributed by atoms with Crippen molar-refractivity contribution >= 4 is 29.1 Å². The van der Waals surface area contributed by atoms with Gasteiger partial charge in [-0.3, -0.25) is 0 Å². The fourth-order valence-corrected chi connectivity index (χ4v) is 3.41. The summed E-state index contributed by atoms with van der Waals surface area (Å²) in [5, 5.41) is 7.44. The quantitative estimate of drug-likeness (QED) is 0.583. The summed E-state index contributed by atoms with van der Waals surface area (Å²) in [5.74, 6) is 1.30. The summed E-state index contributed by atoms with van der Waals surface area (Å²) in [6.07, 6.45) is 2.40. The Balaban J connectivity index is 1.63. The molecule has 2 heterocycles. The summed E-state index contributed by atoms with van der Waals surface area (Å²) >= 11 is 6.26. The number of nitrogens with zero attached hydrogens (tertiary/aromatic N) is 2. The maximum absolute atomic E-state index is 6.26. The molecule has 0 spiro atoms. The van der Waals surface area contributed by atoms with Gasteiger partial charge in [-0.2, -0.15) is 4.98 Å². The summed E-state index contributed by atoms with van der Waals surface area (Å²) < 4.78 is 5.70. The van der Waals surface area contributed by atoms with Gasteiger partial charge in [0.25, 0.3) is 0 Å². The third-order valence-electron chi connectivity index (χ3n) is 4.84. The lowest BCUT2D eigenvalue weighted by molar-refractivity contribution is 0.120. The smallest absolute Gasteiger partial charge is 0.225 e. The van der Waals surface area contributed by atoms with Gasteiger partial charge in [0, 0.05) is 35.5 Å². The Hall–Kier alpha value is -2.63. The summed E-state index contributed by atoms with van der Waals surface area (Å²) in [4.78, 5) is 9.36. The lowest BCUT2D eigenvalue weighted by atomic mass is 10.1. The summed E-state index contributed by atoms with van der Waals surface area (Å²) in [7, 11) is 0. The van der Waals surface area contributed by atoms with Crippen molar-refractivity contribution < 1.29 is 4.74 Å². The number of anilines is 3. The molecule has 0 radical (unpaired) electrons. The highest BCUT2D eigenvalue weighted by atomic mass is 35.5. The largest absolute Gasteiger partial charge is 0.376 e. The first-order chi connectivity index (χ1) is 13.7. The van der Waals surface area contributed by atoms with Crippen molar-refractivity contribution in [1.29, 1.82) is 0 Å². The minimum absolute atomic E-state index is 0.218. The average molecular weight is 395 g/mol. The molecule has 1 aliphatic heterocycles. The molecule has 0 saturated carbocycles. The zero-order valence-electron chi connectivity index (χ0n) is 15.8. The molecular weight excluding hydrogens is 372 g/mol. The molecule has 5 nitrogen and oxygen atoms in total. The van der Waals surface area contributed by atoms with Crippen LogP contribution in [0.3, 0.4) is 0 Å². The number of hydrogen-bond acceptors (Lipinski definition) is 5. The molecule has 144 valence electrons. The lowest BCUT2D eigenvalue weighted by Gasteiger charge is -2.15. The Morgan fingerprint density at radius 3 is 2.75 bits per heavy atom. The van der Waals surface area contributed by atoms with Gasteiger partial charge in [0.15, 0.2) is 0 Å². The first-order valence-electron chi connectivity index (χ1n) is 9.51. The molecular formula is C22H23ClN4O. The van der Waals surface area contributed by atoms with E-state index in [1.807, 2.05) is 61.5 Å². The van der Waals surface area contributed by atoms with Crippen LogP contribution in [0.1, 0.15) is 18.4 Å². The first kappa shape index (κ1) is 18.7. The van der Waals surface area contributed by atoms with E-state index in [4.69, 9.17) is 21.3 Å². The SMILES string of the molecule is Cc1c(Cl)cccc1Nc1cc(-c2ccccc2)nc(NCC2CCCO2)n1. The summed E-state index contributed by atoms with van der Waals surface area (Å²) in [5.41, 5.74) is 3.80. The molecule has 0 aliphatic carbocycles. The third-order valence-corrected chi connectivity index (χ3v) is 5.25.